The minimum atomic E-state index is -5.08. The van der Waals surface area contributed by atoms with Gasteiger partial charge in [0.2, 0.25) is 17.6 Å². The Bertz CT molecular complexity index is 2870. The molecule has 0 bridgehead atoms. The number of carboxylic acid groups (broad SMARTS) is 1. The Labute approximate surface area is 511 Å². The summed E-state index contributed by atoms with van der Waals surface area (Å²) in [6, 6.07) is 31.5. The Morgan fingerprint density at radius 2 is 1.11 bits per heavy atom. The van der Waals surface area contributed by atoms with Crippen LogP contribution in [-0.2, 0) is 14.4 Å². The summed E-state index contributed by atoms with van der Waals surface area (Å²) in [5.74, 6) is -1.39. The number of thioether (sulfide) groups is 1. The quantitative estimate of drug-likeness (QED) is 0.0155. The number of thiazole rings is 1. The van der Waals surface area contributed by atoms with E-state index in [1.165, 1.54) is 28.8 Å². The third-order valence-electron chi connectivity index (χ3n) is 12.7. The number of nitrogens with two attached hydrogens (primary N) is 2. The van der Waals surface area contributed by atoms with E-state index < -0.39 is 12.1 Å². The highest BCUT2D eigenvalue weighted by molar-refractivity contribution is 9.09. The van der Waals surface area contributed by atoms with E-state index in [2.05, 4.69) is 83.8 Å². The van der Waals surface area contributed by atoms with Gasteiger partial charge in [0.25, 0.3) is 0 Å². The molecule has 1 atom stereocenters. The number of carbonyl (C=O) groups is 5. The molecule has 454 valence electrons. The van der Waals surface area contributed by atoms with Crippen LogP contribution in [0.4, 0.5) is 58.2 Å². The fourth-order valence-electron chi connectivity index (χ4n) is 8.24. The number of amides is 2. The number of nitrogens with one attached hydrogen (secondary N) is 2. The third-order valence-corrected chi connectivity index (χ3v) is 15.1. The van der Waals surface area contributed by atoms with Gasteiger partial charge in [0, 0.05) is 138 Å². The highest BCUT2D eigenvalue weighted by Crippen LogP contribution is 2.31. The average molecular weight is 1290 g/mol. The van der Waals surface area contributed by atoms with Crippen molar-refractivity contribution in [3.8, 4) is 0 Å². The summed E-state index contributed by atoms with van der Waals surface area (Å²) in [6.45, 7) is 23.9. The Morgan fingerprint density at radius 3 is 1.47 bits per heavy atom. The van der Waals surface area contributed by atoms with Gasteiger partial charge in [-0.3, -0.25) is 19.2 Å². The number of carbonyl (C=O) groups excluding carboxylic acids is 4. The maximum Gasteiger partial charge on any atom is 0.490 e. The maximum absolute atomic E-state index is 13.1. The number of carboxylic acids is 1. The number of Topliss-reactive ketones (excluding diaryl/α,β-unsaturated/α-hetero) is 1. The summed E-state index contributed by atoms with van der Waals surface area (Å²) in [5, 5.41) is 15.2. The SMILES string of the molecule is C.CCN(CC)c1ccc(C(=O)CBr)cc1.CCN(CC)c1ccc(C(=O)c2sc(Nc3ccc(N4CCN(C(C)=O)CC4)cc3)nc2N)cc1.CCSC(N)=NC(=S)Nc1ccc(N2CCN(C(C)=O)CC2)cc1.O=C(O)C(F)(F)F.P. The molecule has 4 aromatic carbocycles. The number of nitrogen functional groups attached to an aromatic ring is 1. The average Bonchev–Trinajstić information content (AvgIpc) is 3.83. The molecule has 0 spiro atoms. The van der Waals surface area contributed by atoms with E-state index in [0.29, 0.717) is 31.2 Å². The number of anilines is 8. The van der Waals surface area contributed by atoms with Crippen LogP contribution in [0.25, 0.3) is 0 Å². The molecule has 1 unspecified atom stereocenters. The third kappa shape index (κ3) is 23.2. The second-order valence-electron chi connectivity index (χ2n) is 17.9. The highest BCUT2D eigenvalue weighted by atomic mass is 79.9. The van der Waals surface area contributed by atoms with E-state index >= 15 is 0 Å². The first kappa shape index (κ1) is 72.6. The molecule has 83 heavy (non-hydrogen) atoms. The van der Waals surface area contributed by atoms with Crippen LogP contribution in [0.15, 0.2) is 102 Å². The van der Waals surface area contributed by atoms with Gasteiger partial charge in [-0.1, -0.05) is 53.4 Å². The van der Waals surface area contributed by atoms with E-state index in [9.17, 15) is 32.3 Å². The molecule has 0 saturated carbocycles. The fourth-order valence-corrected chi connectivity index (χ4v) is 10.2. The van der Waals surface area contributed by atoms with Crippen molar-refractivity contribution in [1.82, 2.24) is 14.8 Å². The standard InChI is InChI=1S/C26H32N6O2S.C16H23N5OS2.C12H16BrNO.C2HF3O2.CH4.H3P/c1-4-30(5-2)21-10-6-19(7-11-21)23(34)24-25(27)29-26(35-24)28-20-8-12-22(13-9-20)32-16-14-31(15-17-32)18(3)33;1-3-24-15(17)19-16(23)18-13-4-6-14(7-5-13)21-10-8-20(9-11-21)12(2)22;1-3-14(4-2)11-7-5-10(6-8-11)12(15)9-13;3-2(4,5)1(6)7;;/h6-13H,4-5,14-17,27H2,1-3H3,(H,28,29);4-7H,3,8-11H2,1-2H3,(H3,17,18,19,23);5-8H,3-4,9H2,1-2H3;(H,6,7);1H4;1H3. The molecule has 1 aromatic heterocycles. The first-order chi connectivity index (χ1) is 38.5. The molecule has 26 heteroatoms. The van der Waals surface area contributed by atoms with Crippen molar-refractivity contribution >= 4 is 146 Å². The lowest BCUT2D eigenvalue weighted by molar-refractivity contribution is -0.192. The number of piperazine rings is 2. The van der Waals surface area contributed by atoms with Crippen LogP contribution in [0.2, 0.25) is 0 Å². The predicted molar refractivity (Wildman–Crippen MR) is 351 cm³/mol. The number of halogens is 4. The minimum Gasteiger partial charge on any atom is -0.475 e. The molecule has 5 aromatic rings. The number of thiocarbonyl (C=S) groups is 1. The lowest BCUT2D eigenvalue weighted by Crippen LogP contribution is -2.48. The highest BCUT2D eigenvalue weighted by Gasteiger charge is 2.38. The van der Waals surface area contributed by atoms with Crippen molar-refractivity contribution in [1.29, 1.82) is 0 Å². The predicted octanol–water partition coefficient (Wildman–Crippen LogP) is 10.8. The van der Waals surface area contributed by atoms with Crippen LogP contribution in [0.1, 0.15) is 81.5 Å². The number of aliphatic carboxylic acids is 1. The van der Waals surface area contributed by atoms with Gasteiger partial charge in [-0.25, -0.2) is 9.78 Å². The van der Waals surface area contributed by atoms with E-state index in [-0.39, 0.29) is 46.5 Å². The molecule has 2 aliphatic heterocycles. The van der Waals surface area contributed by atoms with Crippen molar-refractivity contribution in [2.75, 3.05) is 126 Å². The number of aromatic nitrogens is 1. The number of hydrogen-bond acceptors (Lipinski definition) is 15. The first-order valence-electron chi connectivity index (χ1n) is 26.2. The van der Waals surface area contributed by atoms with Crippen LogP contribution >= 0.6 is 61.1 Å². The number of aliphatic imine (C=N–C) groups is 1. The van der Waals surface area contributed by atoms with Crippen LogP contribution in [-0.4, -0.2) is 155 Å². The van der Waals surface area contributed by atoms with E-state index in [1.807, 2.05) is 114 Å². The number of benzene rings is 4. The maximum atomic E-state index is 13.1. The molecular weight excluding hydrogens is 1210 g/mol. The number of rotatable bonds is 16. The topological polar surface area (TPSA) is 226 Å². The number of hydrogen-bond donors (Lipinski definition) is 5. The van der Waals surface area contributed by atoms with E-state index in [4.69, 9.17) is 33.6 Å². The Morgan fingerprint density at radius 1 is 0.711 bits per heavy atom. The molecule has 7 rings (SSSR count). The lowest BCUT2D eigenvalue weighted by atomic mass is 10.1. The zero-order valence-electron chi connectivity index (χ0n) is 47.3. The molecule has 0 radical (unpaired) electrons. The second kappa shape index (κ2) is 36.2. The van der Waals surface area contributed by atoms with Gasteiger partial charge in [0.05, 0.1) is 5.33 Å². The Kier molecular flexibility index (Phi) is 31.7. The monoisotopic (exact) mass is 1290 g/mol. The van der Waals surface area contributed by atoms with Gasteiger partial charge in [-0.05, 0) is 143 Å². The van der Waals surface area contributed by atoms with Crippen molar-refractivity contribution in [3.63, 3.8) is 0 Å². The first-order valence-corrected chi connectivity index (χ1v) is 29.5. The summed E-state index contributed by atoms with van der Waals surface area (Å²) in [6.07, 6.45) is -5.08. The van der Waals surface area contributed by atoms with Gasteiger partial charge in [-0.15, -0.1) is 0 Å². The number of alkyl halides is 4. The number of ketones is 2. The summed E-state index contributed by atoms with van der Waals surface area (Å²) in [4.78, 5) is 77.9. The summed E-state index contributed by atoms with van der Waals surface area (Å²) >= 11 is 11.1. The van der Waals surface area contributed by atoms with Crippen LogP contribution in [0.3, 0.4) is 0 Å². The largest absolute Gasteiger partial charge is 0.490 e. The zero-order valence-corrected chi connectivity index (χ0v) is 52.8. The molecule has 3 heterocycles. The number of amidine groups is 1. The normalized spacial score (nSPS) is 12.9. The smallest absolute Gasteiger partial charge is 0.475 e. The van der Waals surface area contributed by atoms with Gasteiger partial charge in [0.1, 0.15) is 10.7 Å². The van der Waals surface area contributed by atoms with Crippen molar-refractivity contribution in [2.24, 2.45) is 10.7 Å². The second-order valence-corrected chi connectivity index (χ2v) is 21.1. The van der Waals surface area contributed by atoms with Gasteiger partial charge < -0.3 is 56.6 Å². The van der Waals surface area contributed by atoms with Crippen molar-refractivity contribution in [3.05, 3.63) is 113 Å². The molecular formula is C57H79BrF3N12O6PS3. The van der Waals surface area contributed by atoms with Gasteiger partial charge in [-0.2, -0.15) is 28.1 Å². The Hall–Kier alpha value is -6.53. The minimum absolute atomic E-state index is 0. The molecule has 2 aliphatic rings. The van der Waals surface area contributed by atoms with Crippen molar-refractivity contribution < 1.29 is 42.3 Å². The molecule has 0 aliphatic carbocycles. The molecule has 2 fully saturated rings. The molecule has 2 saturated heterocycles. The zero-order chi connectivity index (χ0) is 59.8. The summed E-state index contributed by atoms with van der Waals surface area (Å²) in [5.41, 5.74) is 19.5. The van der Waals surface area contributed by atoms with E-state index in [1.54, 1.807) is 13.8 Å². The molecule has 2 amide bonds. The molecule has 18 nitrogen and oxygen atoms in total. The summed E-state index contributed by atoms with van der Waals surface area (Å²) in [7, 11) is 0. The molecule has 7 N–H and O–H groups in total. The summed E-state index contributed by atoms with van der Waals surface area (Å²) < 4.78 is 31.7. The van der Waals surface area contributed by atoms with Crippen LogP contribution < -0.4 is 41.7 Å². The van der Waals surface area contributed by atoms with Crippen LogP contribution in [0, 0.1) is 0 Å². The van der Waals surface area contributed by atoms with E-state index in [0.717, 1.165) is 118 Å². The van der Waals surface area contributed by atoms with Gasteiger partial charge in [0.15, 0.2) is 21.2 Å². The fraction of sp³-hybridized carbons (Fsp3) is 0.404. The number of nitrogens with zero attached hydrogens (tertiary/aromatic N) is 8. The van der Waals surface area contributed by atoms with Crippen molar-refractivity contribution in [2.45, 2.75) is 62.1 Å². The Balaban J connectivity index is 0.000000424. The van der Waals surface area contributed by atoms with Crippen LogP contribution in [0.5, 0.6) is 0 Å². The van der Waals surface area contributed by atoms with Gasteiger partial charge >= 0.3 is 12.1 Å². The lowest BCUT2D eigenvalue weighted by Gasteiger charge is -2.35.